The second-order valence-electron chi connectivity index (χ2n) is 3.69. The molecule has 1 aliphatic heterocycles. The van der Waals surface area contributed by atoms with E-state index in [0.717, 1.165) is 19.6 Å². The molecular formula is C9H22N4. The van der Waals surface area contributed by atoms with Crippen LogP contribution in [0.3, 0.4) is 0 Å². The molecule has 0 aromatic heterocycles. The van der Waals surface area contributed by atoms with Crippen molar-refractivity contribution in [1.82, 2.24) is 20.0 Å². The van der Waals surface area contributed by atoms with E-state index in [0.29, 0.717) is 0 Å². The summed E-state index contributed by atoms with van der Waals surface area (Å²) in [6.45, 7) is 7.94. The van der Waals surface area contributed by atoms with E-state index >= 15 is 0 Å². The topological polar surface area (TPSA) is 13.0 Å². The van der Waals surface area contributed by atoms with Crippen molar-refractivity contribution in [2.75, 3.05) is 53.9 Å². The molecule has 0 bridgehead atoms. The Kier molecular flexibility index (Phi) is 4.12. The van der Waals surface area contributed by atoms with Crippen LogP contribution in [0.2, 0.25) is 0 Å². The Bertz CT molecular complexity index is 137. The molecule has 1 aliphatic rings. The van der Waals surface area contributed by atoms with E-state index in [1.54, 1.807) is 0 Å². The average molecular weight is 186 g/mol. The van der Waals surface area contributed by atoms with Gasteiger partial charge in [0.15, 0.2) is 0 Å². The fraction of sp³-hybridized carbons (Fsp3) is 1.00. The van der Waals surface area contributed by atoms with Gasteiger partial charge in [-0.2, -0.15) is 5.12 Å². The lowest BCUT2D eigenvalue weighted by atomic mass is 10.4. The second-order valence-corrected chi connectivity index (χ2v) is 3.69. The molecule has 0 unspecified atom stereocenters. The van der Waals surface area contributed by atoms with Gasteiger partial charge in [0.25, 0.3) is 0 Å². The van der Waals surface area contributed by atoms with Gasteiger partial charge in [0.1, 0.15) is 0 Å². The molecule has 0 atom stereocenters. The van der Waals surface area contributed by atoms with E-state index in [2.05, 4.69) is 48.1 Å². The number of hydrazine groups is 2. The van der Waals surface area contributed by atoms with E-state index in [9.17, 15) is 0 Å². The largest absolute Gasteiger partial charge is 0.301 e. The molecule has 0 saturated carbocycles. The maximum Gasteiger partial charge on any atom is 0.0271 e. The Morgan fingerprint density at radius 1 is 0.846 bits per heavy atom. The highest BCUT2D eigenvalue weighted by atomic mass is 15.8. The first kappa shape index (κ1) is 10.9. The first-order valence-electron chi connectivity index (χ1n) is 5.03. The summed E-state index contributed by atoms with van der Waals surface area (Å²) in [5.41, 5.74) is 0. The summed E-state index contributed by atoms with van der Waals surface area (Å²) in [6.07, 6.45) is 0. The molecular weight excluding hydrogens is 164 g/mol. The van der Waals surface area contributed by atoms with E-state index < -0.39 is 0 Å². The molecule has 1 fully saturated rings. The van der Waals surface area contributed by atoms with Crippen LogP contribution in [0.25, 0.3) is 0 Å². The van der Waals surface area contributed by atoms with E-state index in [1.807, 2.05) is 0 Å². The fourth-order valence-corrected chi connectivity index (χ4v) is 1.55. The van der Waals surface area contributed by atoms with Crippen molar-refractivity contribution in [2.24, 2.45) is 0 Å². The van der Waals surface area contributed by atoms with Crippen molar-refractivity contribution < 1.29 is 0 Å². The van der Waals surface area contributed by atoms with Crippen LogP contribution >= 0.6 is 0 Å². The third kappa shape index (κ3) is 2.91. The maximum absolute atomic E-state index is 2.49. The van der Waals surface area contributed by atoms with Gasteiger partial charge in [0, 0.05) is 47.3 Å². The minimum Gasteiger partial charge on any atom is -0.301 e. The molecule has 1 rings (SSSR count). The molecule has 13 heavy (non-hydrogen) atoms. The monoisotopic (exact) mass is 186 g/mol. The summed E-state index contributed by atoms with van der Waals surface area (Å²) in [6, 6.07) is 0. The lowest BCUT2D eigenvalue weighted by Crippen LogP contribution is -2.54. The lowest BCUT2D eigenvalue weighted by molar-refractivity contribution is -0.152. The van der Waals surface area contributed by atoms with Crippen molar-refractivity contribution in [3.63, 3.8) is 0 Å². The highest BCUT2D eigenvalue weighted by molar-refractivity contribution is 4.62. The van der Waals surface area contributed by atoms with Crippen molar-refractivity contribution in [3.8, 4) is 0 Å². The van der Waals surface area contributed by atoms with Gasteiger partial charge >= 0.3 is 0 Å². The summed E-state index contributed by atoms with van der Waals surface area (Å²) in [4.78, 5) is 2.49. The predicted octanol–water partition coefficient (Wildman–Crippen LogP) is -0.0527. The molecule has 0 spiro atoms. The molecule has 78 valence electrons. The van der Waals surface area contributed by atoms with Gasteiger partial charge in [0.05, 0.1) is 0 Å². The average Bonchev–Trinajstić information content (AvgIpc) is 2.14. The summed E-state index contributed by atoms with van der Waals surface area (Å²) in [5.74, 6) is 0. The first-order valence-corrected chi connectivity index (χ1v) is 5.03. The molecule has 0 radical (unpaired) electrons. The molecule has 4 heteroatoms. The highest BCUT2D eigenvalue weighted by Gasteiger charge is 2.16. The van der Waals surface area contributed by atoms with Crippen molar-refractivity contribution in [2.45, 2.75) is 6.92 Å². The summed E-state index contributed by atoms with van der Waals surface area (Å²) < 4.78 is 0. The van der Waals surface area contributed by atoms with Crippen molar-refractivity contribution in [3.05, 3.63) is 0 Å². The summed E-state index contributed by atoms with van der Waals surface area (Å²) in [7, 11) is 6.38. The first-order chi connectivity index (χ1) is 6.15. The molecule has 0 amide bonds. The van der Waals surface area contributed by atoms with Gasteiger partial charge in [-0.15, -0.1) is 0 Å². The summed E-state index contributed by atoms with van der Waals surface area (Å²) in [5, 5.41) is 6.69. The normalized spacial score (nSPS) is 25.8. The highest BCUT2D eigenvalue weighted by Crippen LogP contribution is 2.01. The van der Waals surface area contributed by atoms with E-state index in [4.69, 9.17) is 0 Å². The molecule has 0 N–H and O–H groups in total. The SMILES string of the molecule is CCN1CCN(C)N(C)N(C)CC1. The maximum atomic E-state index is 2.49. The van der Waals surface area contributed by atoms with Crippen molar-refractivity contribution >= 4 is 0 Å². The Morgan fingerprint density at radius 2 is 1.31 bits per heavy atom. The zero-order chi connectivity index (χ0) is 9.84. The van der Waals surface area contributed by atoms with E-state index in [-0.39, 0.29) is 0 Å². The van der Waals surface area contributed by atoms with Gasteiger partial charge in [0.2, 0.25) is 0 Å². The van der Waals surface area contributed by atoms with Crippen LogP contribution in [0, 0.1) is 0 Å². The number of likely N-dealkylation sites (N-methyl/N-ethyl adjacent to an activating group) is 3. The Labute approximate surface area is 81.6 Å². The van der Waals surface area contributed by atoms with E-state index in [1.165, 1.54) is 13.1 Å². The standard InChI is InChI=1S/C9H22N4/c1-5-13-8-6-10(2)12(4)11(3)7-9-13/h5-9H2,1-4H3. The fourth-order valence-electron chi connectivity index (χ4n) is 1.55. The van der Waals surface area contributed by atoms with Crippen LogP contribution < -0.4 is 0 Å². The Balaban J connectivity index is 2.48. The van der Waals surface area contributed by atoms with Gasteiger partial charge in [-0.3, -0.25) is 0 Å². The molecule has 1 saturated heterocycles. The predicted molar refractivity (Wildman–Crippen MR) is 55.1 cm³/mol. The van der Waals surface area contributed by atoms with Gasteiger partial charge < -0.3 is 4.90 Å². The molecule has 0 aliphatic carbocycles. The third-order valence-corrected chi connectivity index (χ3v) is 2.92. The van der Waals surface area contributed by atoms with Crippen LogP contribution in [0.4, 0.5) is 0 Å². The molecule has 0 aromatic carbocycles. The Morgan fingerprint density at radius 3 is 1.69 bits per heavy atom. The van der Waals surface area contributed by atoms with Crippen LogP contribution in [-0.2, 0) is 0 Å². The smallest absolute Gasteiger partial charge is 0.0271 e. The number of hydrogen-bond acceptors (Lipinski definition) is 4. The van der Waals surface area contributed by atoms with Crippen LogP contribution in [0.15, 0.2) is 0 Å². The van der Waals surface area contributed by atoms with Crippen LogP contribution in [0.1, 0.15) is 6.92 Å². The number of rotatable bonds is 1. The van der Waals surface area contributed by atoms with Gasteiger partial charge in [-0.25, -0.2) is 10.0 Å². The van der Waals surface area contributed by atoms with Crippen molar-refractivity contribution in [1.29, 1.82) is 0 Å². The number of nitrogens with zero attached hydrogens (tertiary/aromatic N) is 4. The third-order valence-electron chi connectivity index (χ3n) is 2.92. The van der Waals surface area contributed by atoms with Crippen LogP contribution in [0.5, 0.6) is 0 Å². The summed E-state index contributed by atoms with van der Waals surface area (Å²) >= 11 is 0. The quantitative estimate of drug-likeness (QED) is 0.569. The van der Waals surface area contributed by atoms with Gasteiger partial charge in [-0.1, -0.05) is 6.92 Å². The minimum atomic E-state index is 1.11. The zero-order valence-corrected chi connectivity index (χ0v) is 9.32. The van der Waals surface area contributed by atoms with Gasteiger partial charge in [-0.05, 0) is 6.54 Å². The zero-order valence-electron chi connectivity index (χ0n) is 9.32. The lowest BCUT2D eigenvalue weighted by Gasteiger charge is -2.40. The molecule has 1 heterocycles. The molecule has 4 nitrogen and oxygen atoms in total. The number of hydrogen-bond donors (Lipinski definition) is 0. The second kappa shape index (κ2) is 4.91. The van der Waals surface area contributed by atoms with Crippen LogP contribution in [-0.4, -0.2) is 73.9 Å². The minimum absolute atomic E-state index is 1.11. The molecule has 0 aromatic rings. The Hall–Kier alpha value is -0.160.